The van der Waals surface area contributed by atoms with Gasteiger partial charge in [0.2, 0.25) is 0 Å². The molecule has 1 amide bonds. The Kier molecular flexibility index (Phi) is 6.00. The number of hydrogen-bond donors (Lipinski definition) is 2. The van der Waals surface area contributed by atoms with Crippen molar-refractivity contribution in [3.05, 3.63) is 84.1 Å². The number of hydrogen-bond acceptors (Lipinski definition) is 6. The zero-order valence-electron chi connectivity index (χ0n) is 18.9. The van der Waals surface area contributed by atoms with E-state index in [-0.39, 0.29) is 10.5 Å². The summed E-state index contributed by atoms with van der Waals surface area (Å²) in [7, 11) is -3.96. The van der Waals surface area contributed by atoms with E-state index in [1.165, 1.54) is 18.2 Å². The van der Waals surface area contributed by atoms with Crippen molar-refractivity contribution in [1.29, 1.82) is 0 Å². The number of anilines is 2. The second kappa shape index (κ2) is 9.27. The van der Waals surface area contributed by atoms with Gasteiger partial charge in [0.1, 0.15) is 0 Å². The van der Waals surface area contributed by atoms with Crippen LogP contribution >= 0.6 is 0 Å². The van der Waals surface area contributed by atoms with E-state index in [2.05, 4.69) is 15.0 Å². The summed E-state index contributed by atoms with van der Waals surface area (Å²) >= 11 is 0. The third-order valence-corrected chi connectivity index (χ3v) is 6.86. The van der Waals surface area contributed by atoms with Crippen LogP contribution in [0.4, 0.5) is 11.4 Å². The summed E-state index contributed by atoms with van der Waals surface area (Å²) in [5.74, 6) is 0.737. The molecule has 178 valence electrons. The van der Waals surface area contributed by atoms with Crippen LogP contribution in [-0.4, -0.2) is 32.5 Å². The van der Waals surface area contributed by atoms with Crippen LogP contribution in [0.25, 0.3) is 10.9 Å². The van der Waals surface area contributed by atoms with Gasteiger partial charge in [-0.05, 0) is 49.4 Å². The lowest BCUT2D eigenvalue weighted by Gasteiger charge is -2.13. The number of pyridine rings is 1. The lowest BCUT2D eigenvalue weighted by atomic mass is 10.2. The Morgan fingerprint density at radius 1 is 0.914 bits per heavy atom. The van der Waals surface area contributed by atoms with Gasteiger partial charge in [-0.3, -0.25) is 14.5 Å². The Balaban J connectivity index is 1.39. The molecule has 35 heavy (non-hydrogen) atoms. The minimum absolute atomic E-state index is 0.0256. The molecule has 1 aliphatic rings. The largest absolute Gasteiger partial charge is 0.490 e. The first-order valence-corrected chi connectivity index (χ1v) is 12.6. The van der Waals surface area contributed by atoms with Gasteiger partial charge in [0.15, 0.2) is 11.5 Å². The van der Waals surface area contributed by atoms with E-state index in [4.69, 9.17) is 9.47 Å². The first-order chi connectivity index (χ1) is 16.9. The molecule has 8 nitrogen and oxygen atoms in total. The van der Waals surface area contributed by atoms with Crippen molar-refractivity contribution in [2.75, 3.05) is 23.3 Å². The normalized spacial score (nSPS) is 13.2. The number of fused-ring (bicyclic) bond motifs is 2. The molecule has 2 N–H and O–H groups in total. The number of para-hydroxylation sites is 1. The zero-order valence-corrected chi connectivity index (χ0v) is 19.8. The third kappa shape index (κ3) is 4.90. The van der Waals surface area contributed by atoms with E-state index in [0.29, 0.717) is 52.7 Å². The summed E-state index contributed by atoms with van der Waals surface area (Å²) in [4.78, 5) is 17.3. The zero-order chi connectivity index (χ0) is 24.4. The quantitative estimate of drug-likeness (QED) is 0.419. The maximum Gasteiger partial charge on any atom is 0.261 e. The van der Waals surface area contributed by atoms with Crippen molar-refractivity contribution in [3.8, 4) is 11.5 Å². The Hall–Kier alpha value is -4.11. The van der Waals surface area contributed by atoms with Gasteiger partial charge in [0, 0.05) is 34.8 Å². The molecule has 0 fully saturated rings. The summed E-state index contributed by atoms with van der Waals surface area (Å²) in [6.45, 7) is 2.90. The highest BCUT2D eigenvalue weighted by Gasteiger charge is 2.19. The number of rotatable bonds is 5. The molecule has 0 spiro atoms. The van der Waals surface area contributed by atoms with Crippen LogP contribution in [0.3, 0.4) is 0 Å². The highest BCUT2D eigenvalue weighted by atomic mass is 32.2. The van der Waals surface area contributed by atoms with Gasteiger partial charge < -0.3 is 14.8 Å². The van der Waals surface area contributed by atoms with Crippen molar-refractivity contribution in [3.63, 3.8) is 0 Å². The average Bonchev–Trinajstić information content (AvgIpc) is 3.09. The van der Waals surface area contributed by atoms with Gasteiger partial charge in [0.25, 0.3) is 15.9 Å². The molecule has 0 radical (unpaired) electrons. The van der Waals surface area contributed by atoms with Crippen molar-refractivity contribution >= 4 is 38.2 Å². The Morgan fingerprint density at radius 2 is 1.71 bits per heavy atom. The van der Waals surface area contributed by atoms with Crippen LogP contribution in [0, 0.1) is 6.92 Å². The summed E-state index contributed by atoms with van der Waals surface area (Å²) in [5.41, 5.74) is 2.52. The van der Waals surface area contributed by atoms with Crippen LogP contribution < -0.4 is 19.5 Å². The molecule has 0 bridgehead atoms. The number of ether oxygens (including phenoxy) is 2. The molecular formula is C26H23N3O5S. The van der Waals surface area contributed by atoms with Gasteiger partial charge >= 0.3 is 0 Å². The lowest BCUT2D eigenvalue weighted by molar-refractivity contribution is 0.102. The second-order valence-corrected chi connectivity index (χ2v) is 9.81. The van der Waals surface area contributed by atoms with E-state index in [0.717, 1.165) is 6.42 Å². The Labute approximate surface area is 203 Å². The molecule has 0 saturated heterocycles. The smallest absolute Gasteiger partial charge is 0.261 e. The lowest BCUT2D eigenvalue weighted by Crippen LogP contribution is -2.16. The Bertz CT molecular complexity index is 1540. The van der Waals surface area contributed by atoms with E-state index >= 15 is 0 Å². The third-order valence-electron chi connectivity index (χ3n) is 5.50. The number of benzene rings is 3. The molecule has 0 atom stereocenters. The topological polar surface area (TPSA) is 107 Å². The molecule has 0 unspecified atom stereocenters. The predicted molar refractivity (Wildman–Crippen MR) is 134 cm³/mol. The molecule has 1 aromatic heterocycles. The maximum absolute atomic E-state index is 13.2. The number of amides is 1. The minimum Gasteiger partial charge on any atom is -0.490 e. The summed E-state index contributed by atoms with van der Waals surface area (Å²) < 4.78 is 40.3. The first-order valence-electron chi connectivity index (χ1n) is 11.1. The summed E-state index contributed by atoms with van der Waals surface area (Å²) in [6.07, 6.45) is 0.778. The monoisotopic (exact) mass is 489 g/mol. The fourth-order valence-corrected chi connectivity index (χ4v) is 4.96. The summed E-state index contributed by atoms with van der Waals surface area (Å²) in [5, 5.41) is 3.48. The Morgan fingerprint density at radius 3 is 2.57 bits per heavy atom. The number of nitrogens with zero attached hydrogens (tertiary/aromatic N) is 1. The molecule has 5 rings (SSSR count). The predicted octanol–water partition coefficient (Wildman–Crippen LogP) is 4.76. The molecule has 2 heterocycles. The second-order valence-electron chi connectivity index (χ2n) is 8.13. The van der Waals surface area contributed by atoms with Gasteiger partial charge in [-0.15, -0.1) is 0 Å². The summed E-state index contributed by atoms with van der Waals surface area (Å²) in [6, 6.07) is 20.0. The van der Waals surface area contributed by atoms with Crippen LogP contribution in [0.1, 0.15) is 22.5 Å². The average molecular weight is 490 g/mol. The van der Waals surface area contributed by atoms with E-state index in [9.17, 15) is 13.2 Å². The van der Waals surface area contributed by atoms with Crippen LogP contribution in [0.15, 0.2) is 77.7 Å². The highest BCUT2D eigenvalue weighted by Crippen LogP contribution is 2.32. The molecule has 0 aliphatic carbocycles. The highest BCUT2D eigenvalue weighted by molar-refractivity contribution is 7.92. The number of carbonyl (C=O) groups excluding carboxylic acids is 1. The number of carbonyl (C=O) groups is 1. The fraction of sp³-hybridized carbons (Fsp3) is 0.154. The molecule has 1 aliphatic heterocycles. The van der Waals surface area contributed by atoms with Crippen LogP contribution in [0.2, 0.25) is 0 Å². The van der Waals surface area contributed by atoms with Crippen molar-refractivity contribution in [2.24, 2.45) is 0 Å². The van der Waals surface area contributed by atoms with Crippen molar-refractivity contribution in [1.82, 2.24) is 4.98 Å². The van der Waals surface area contributed by atoms with Crippen molar-refractivity contribution < 1.29 is 22.7 Å². The number of nitrogens with one attached hydrogen (secondary N) is 2. The van der Waals surface area contributed by atoms with E-state index < -0.39 is 15.9 Å². The maximum atomic E-state index is 13.2. The number of aromatic nitrogens is 1. The molecule has 4 aromatic rings. The van der Waals surface area contributed by atoms with E-state index in [1.807, 2.05) is 18.2 Å². The minimum atomic E-state index is -3.96. The SMILES string of the molecule is Cc1cc(NS(=O)(=O)c2cccc(C(=O)Nc3ccc4c(c3)OCCCO4)c2)c2ccccc2n1. The fourth-order valence-electron chi connectivity index (χ4n) is 3.84. The van der Waals surface area contributed by atoms with E-state index in [1.54, 1.807) is 43.3 Å². The molecule has 0 saturated carbocycles. The van der Waals surface area contributed by atoms with Gasteiger partial charge in [-0.25, -0.2) is 8.42 Å². The van der Waals surface area contributed by atoms with Gasteiger partial charge in [-0.1, -0.05) is 24.3 Å². The van der Waals surface area contributed by atoms with Crippen LogP contribution in [-0.2, 0) is 10.0 Å². The molecular weight excluding hydrogens is 466 g/mol. The van der Waals surface area contributed by atoms with Crippen LogP contribution in [0.5, 0.6) is 11.5 Å². The standard InChI is InChI=1S/C26H23N3O5S/c1-17-14-23(21-8-2-3-9-22(21)27-17)29-35(31,32)20-7-4-6-18(15-20)26(30)28-19-10-11-24-25(16-19)34-13-5-12-33-24/h2-4,6-11,14-16H,5,12-13H2,1H3,(H,27,29)(H,28,30). The van der Waals surface area contributed by atoms with Gasteiger partial charge in [0.05, 0.1) is 29.3 Å². The number of sulfonamides is 1. The van der Waals surface area contributed by atoms with Gasteiger partial charge in [-0.2, -0.15) is 0 Å². The first kappa shape index (κ1) is 22.7. The van der Waals surface area contributed by atoms with Crippen molar-refractivity contribution in [2.45, 2.75) is 18.2 Å². The molecule has 9 heteroatoms. The molecule has 3 aromatic carbocycles. The number of aryl methyl sites for hydroxylation is 1.